The highest BCUT2D eigenvalue weighted by molar-refractivity contribution is 7.11. The second kappa shape index (κ2) is 10.1. The van der Waals surface area contributed by atoms with Crippen molar-refractivity contribution in [3.63, 3.8) is 0 Å². The summed E-state index contributed by atoms with van der Waals surface area (Å²) in [7, 11) is 3.53. The van der Waals surface area contributed by atoms with Crippen LogP contribution in [0, 0.1) is 6.92 Å². The molecule has 1 atom stereocenters. The molecule has 0 aromatic carbocycles. The van der Waals surface area contributed by atoms with Crippen LogP contribution in [0.3, 0.4) is 0 Å². The Morgan fingerprint density at radius 2 is 1.89 bits per heavy atom. The average Bonchev–Trinajstić information content (AvgIpc) is 3.61. The maximum atomic E-state index is 13.3. The molecule has 5 heterocycles. The number of thiazole rings is 1. The normalized spacial score (nSPS) is 17.9. The number of anilines is 1. The third kappa shape index (κ3) is 4.83. The Bertz CT molecular complexity index is 1370. The number of likely N-dealkylation sites (N-methyl/N-ethyl adjacent to an activating group) is 1. The van der Waals surface area contributed by atoms with Crippen LogP contribution >= 0.6 is 11.3 Å². The molecule has 1 unspecified atom stereocenters. The Kier molecular flexibility index (Phi) is 7.19. The van der Waals surface area contributed by atoms with Gasteiger partial charge in [0.25, 0.3) is 5.91 Å². The van der Waals surface area contributed by atoms with Crippen molar-refractivity contribution in [2.24, 2.45) is 0 Å². The lowest BCUT2D eigenvalue weighted by Crippen LogP contribution is -2.55. The molecule has 202 valence electrons. The molecule has 1 spiro atoms. The zero-order valence-corrected chi connectivity index (χ0v) is 21.6. The van der Waals surface area contributed by atoms with Crippen molar-refractivity contribution in [2.75, 3.05) is 38.6 Å². The summed E-state index contributed by atoms with van der Waals surface area (Å²) in [6.45, 7) is 3.20. The maximum Gasteiger partial charge on any atom is 0.490 e. The van der Waals surface area contributed by atoms with Gasteiger partial charge in [-0.25, -0.2) is 14.8 Å². The number of carbonyl (C=O) groups excluding carboxylic acids is 2. The van der Waals surface area contributed by atoms with Gasteiger partial charge in [0.2, 0.25) is 5.91 Å². The second-order valence-electron chi connectivity index (χ2n) is 9.06. The fourth-order valence-electron chi connectivity index (χ4n) is 4.66. The van der Waals surface area contributed by atoms with E-state index in [-0.39, 0.29) is 18.4 Å². The number of rotatable bonds is 3. The molecule has 0 saturated carbocycles. The summed E-state index contributed by atoms with van der Waals surface area (Å²) < 4.78 is 33.8. The van der Waals surface area contributed by atoms with E-state index in [2.05, 4.69) is 25.5 Å². The number of carboxylic acids is 1. The smallest absolute Gasteiger partial charge is 0.475 e. The molecule has 3 aromatic rings. The van der Waals surface area contributed by atoms with Crippen molar-refractivity contribution in [1.82, 2.24) is 24.3 Å². The van der Waals surface area contributed by atoms with Crippen LogP contribution in [0.25, 0.3) is 5.82 Å². The van der Waals surface area contributed by atoms with Gasteiger partial charge in [0.15, 0.2) is 5.82 Å². The van der Waals surface area contributed by atoms with Crippen molar-refractivity contribution in [2.45, 2.75) is 25.1 Å². The van der Waals surface area contributed by atoms with Crippen LogP contribution in [0.15, 0.2) is 42.2 Å². The Morgan fingerprint density at radius 3 is 2.50 bits per heavy atom. The zero-order valence-electron chi connectivity index (χ0n) is 20.8. The van der Waals surface area contributed by atoms with Gasteiger partial charge in [0.1, 0.15) is 10.4 Å². The third-order valence-electron chi connectivity index (χ3n) is 6.54. The molecule has 38 heavy (non-hydrogen) atoms. The molecule has 2 aliphatic rings. The molecule has 0 bridgehead atoms. The lowest BCUT2D eigenvalue weighted by molar-refractivity contribution is -0.192. The molecule has 1 saturated heterocycles. The van der Waals surface area contributed by atoms with E-state index in [4.69, 9.17) is 9.90 Å². The first-order valence-corrected chi connectivity index (χ1v) is 12.4. The van der Waals surface area contributed by atoms with E-state index >= 15 is 0 Å². The van der Waals surface area contributed by atoms with E-state index in [0.717, 1.165) is 29.3 Å². The lowest BCUT2D eigenvalue weighted by Gasteiger charge is -2.46. The number of pyridine rings is 1. The second-order valence-corrected chi connectivity index (χ2v) is 9.92. The van der Waals surface area contributed by atoms with Gasteiger partial charge in [-0.15, -0.1) is 11.3 Å². The van der Waals surface area contributed by atoms with Gasteiger partial charge in [-0.05, 0) is 37.6 Å². The van der Waals surface area contributed by atoms with Gasteiger partial charge in [-0.3, -0.25) is 9.59 Å². The minimum absolute atomic E-state index is 0.00542. The molecule has 0 aliphatic carbocycles. The van der Waals surface area contributed by atoms with Gasteiger partial charge in [-0.1, -0.05) is 0 Å². The molecule has 1 fully saturated rings. The van der Waals surface area contributed by atoms with E-state index < -0.39 is 17.7 Å². The number of carbonyl (C=O) groups is 3. The highest BCUT2D eigenvalue weighted by Crippen LogP contribution is 2.47. The minimum atomic E-state index is -5.08. The number of aryl methyl sites for hydroxylation is 1. The number of hydrogen-bond donors (Lipinski definition) is 1. The number of aromatic nitrogens is 3. The first-order chi connectivity index (χ1) is 17.9. The molecular weight excluding hydrogens is 525 g/mol. The van der Waals surface area contributed by atoms with Gasteiger partial charge < -0.3 is 24.4 Å². The van der Waals surface area contributed by atoms with Crippen LogP contribution in [0.4, 0.5) is 18.9 Å². The number of likely N-dealkylation sites (tertiary alicyclic amines) is 1. The Labute approximate surface area is 219 Å². The largest absolute Gasteiger partial charge is 0.490 e. The number of halogens is 3. The number of alkyl halides is 3. The van der Waals surface area contributed by atoms with Crippen LogP contribution in [0.2, 0.25) is 0 Å². The van der Waals surface area contributed by atoms with E-state index in [1.807, 2.05) is 36.2 Å². The number of fused-ring (bicyclic) bond motifs is 4. The fourth-order valence-corrected chi connectivity index (χ4v) is 5.43. The highest BCUT2D eigenvalue weighted by Gasteiger charge is 2.51. The average molecular weight is 551 g/mol. The van der Waals surface area contributed by atoms with Gasteiger partial charge in [0, 0.05) is 39.6 Å². The molecule has 1 N–H and O–H groups in total. The number of carboxylic acid groups (broad SMARTS) is 1. The van der Waals surface area contributed by atoms with Crippen molar-refractivity contribution in [3.8, 4) is 5.82 Å². The molecule has 0 radical (unpaired) electrons. The summed E-state index contributed by atoms with van der Waals surface area (Å²) in [4.78, 5) is 50.2. The van der Waals surface area contributed by atoms with Crippen LogP contribution in [-0.2, 0) is 15.1 Å². The van der Waals surface area contributed by atoms with Crippen LogP contribution < -0.4 is 4.90 Å². The minimum Gasteiger partial charge on any atom is -0.475 e. The lowest BCUT2D eigenvalue weighted by atomic mass is 9.88. The monoisotopic (exact) mass is 550 g/mol. The Morgan fingerprint density at radius 1 is 1.18 bits per heavy atom. The number of amides is 2. The number of hydrogen-bond acceptors (Lipinski definition) is 7. The van der Waals surface area contributed by atoms with E-state index in [9.17, 15) is 22.8 Å². The Hall–Kier alpha value is -3.94. The molecular formula is C24H25F3N6O4S. The van der Waals surface area contributed by atoms with Gasteiger partial charge in [-0.2, -0.15) is 13.2 Å². The summed E-state index contributed by atoms with van der Waals surface area (Å²) in [6.07, 6.45) is -0.578. The van der Waals surface area contributed by atoms with Gasteiger partial charge in [0.05, 0.1) is 29.1 Å². The summed E-state index contributed by atoms with van der Waals surface area (Å²) >= 11 is 1.38. The Balaban J connectivity index is 0.000000426. The first-order valence-electron chi connectivity index (χ1n) is 11.5. The molecule has 10 nitrogen and oxygen atoms in total. The molecule has 2 amide bonds. The first kappa shape index (κ1) is 27.1. The maximum absolute atomic E-state index is 13.3. The van der Waals surface area contributed by atoms with E-state index in [1.165, 1.54) is 11.3 Å². The van der Waals surface area contributed by atoms with Crippen molar-refractivity contribution in [3.05, 3.63) is 58.4 Å². The summed E-state index contributed by atoms with van der Waals surface area (Å²) in [5, 5.41) is 7.12. The molecule has 14 heteroatoms. The predicted octanol–water partition coefficient (Wildman–Crippen LogP) is 2.92. The van der Waals surface area contributed by atoms with E-state index in [1.54, 1.807) is 30.7 Å². The van der Waals surface area contributed by atoms with Crippen LogP contribution in [0.1, 0.15) is 27.5 Å². The van der Waals surface area contributed by atoms with Crippen LogP contribution in [-0.4, -0.2) is 87.1 Å². The van der Waals surface area contributed by atoms with Crippen LogP contribution in [0.5, 0.6) is 0 Å². The highest BCUT2D eigenvalue weighted by atomic mass is 32.1. The predicted molar refractivity (Wildman–Crippen MR) is 132 cm³/mol. The number of nitrogens with zero attached hydrogens (tertiary/aromatic N) is 6. The molecule has 5 rings (SSSR count). The summed E-state index contributed by atoms with van der Waals surface area (Å²) in [6, 6.07) is 7.99. The van der Waals surface area contributed by atoms with Crippen molar-refractivity contribution in [1.29, 1.82) is 0 Å². The van der Waals surface area contributed by atoms with E-state index in [0.29, 0.717) is 18.0 Å². The molecule has 3 aromatic heterocycles. The topological polar surface area (TPSA) is 112 Å². The summed E-state index contributed by atoms with van der Waals surface area (Å²) in [5.41, 5.74) is 3.94. The molecule has 2 aliphatic heterocycles. The SMILES string of the molecule is Cc1ncsc1C(=O)N1CCC2(C1)c1cccn1-c1ncccc1N2CC(=O)N(C)C.O=C(O)C(F)(F)F. The van der Waals surface area contributed by atoms with Crippen molar-refractivity contribution >= 4 is 34.8 Å². The quantitative estimate of drug-likeness (QED) is 0.534. The summed E-state index contributed by atoms with van der Waals surface area (Å²) in [5.74, 6) is -1.93. The number of aliphatic carboxylic acids is 1. The zero-order chi connectivity index (χ0) is 27.8. The van der Waals surface area contributed by atoms with Crippen molar-refractivity contribution < 1.29 is 32.7 Å². The van der Waals surface area contributed by atoms with Gasteiger partial charge >= 0.3 is 12.1 Å². The fraction of sp³-hybridized carbons (Fsp3) is 0.375. The standard InChI is InChI=1S/C22H24N6O2S.C2HF3O2/c1-15-19(31-14-24-15)21(30)26-11-8-22(13-26)17-7-5-10-27(17)20-16(6-4-9-23-20)28(22)12-18(29)25(2)3;3-2(4,5)1(6)7/h4-7,9-10,14H,8,11-13H2,1-3H3;(H,6,7). The third-order valence-corrected chi connectivity index (χ3v) is 7.45.